The Hall–Kier alpha value is -0.920. The zero-order valence-electron chi connectivity index (χ0n) is 11.5. The van der Waals surface area contributed by atoms with Gasteiger partial charge in [0.1, 0.15) is 0 Å². The van der Waals surface area contributed by atoms with Crippen molar-refractivity contribution >= 4 is 10.0 Å². The molecule has 0 aliphatic carbocycles. The minimum absolute atomic E-state index is 0.0600. The third-order valence-corrected chi connectivity index (χ3v) is 5.44. The van der Waals surface area contributed by atoms with E-state index in [9.17, 15) is 8.42 Å². The van der Waals surface area contributed by atoms with E-state index in [0.717, 1.165) is 25.9 Å². The molecule has 0 bridgehead atoms. The molecule has 0 amide bonds. The number of hydrogen-bond acceptors (Lipinski definition) is 4. The first-order valence-electron chi connectivity index (χ1n) is 6.72. The van der Waals surface area contributed by atoms with E-state index in [-0.39, 0.29) is 11.1 Å². The van der Waals surface area contributed by atoms with Crippen molar-refractivity contribution in [3.63, 3.8) is 0 Å². The Labute approximate surface area is 114 Å². The van der Waals surface area contributed by atoms with Gasteiger partial charge in [-0.15, -0.1) is 0 Å². The van der Waals surface area contributed by atoms with Gasteiger partial charge in [-0.25, -0.2) is 13.4 Å². The Balaban J connectivity index is 2.15. The molecule has 1 aromatic heterocycles. The van der Waals surface area contributed by atoms with Crippen molar-refractivity contribution in [2.24, 2.45) is 5.92 Å². The van der Waals surface area contributed by atoms with E-state index in [2.05, 4.69) is 15.3 Å². The van der Waals surface area contributed by atoms with E-state index in [1.54, 1.807) is 4.31 Å². The van der Waals surface area contributed by atoms with Gasteiger partial charge in [0, 0.05) is 12.6 Å². The SMILES string of the molecule is CC(C)N(CC1CCCNC1)S(=O)(=O)c1cnc[nH]1. The molecule has 1 unspecified atom stereocenters. The maximum Gasteiger partial charge on any atom is 0.260 e. The molecule has 0 aromatic carbocycles. The molecule has 1 fully saturated rings. The normalized spacial score (nSPS) is 21.2. The Morgan fingerprint density at radius 1 is 1.53 bits per heavy atom. The summed E-state index contributed by atoms with van der Waals surface area (Å²) in [6.07, 6.45) is 4.95. The number of piperidine rings is 1. The van der Waals surface area contributed by atoms with Crippen LogP contribution < -0.4 is 5.32 Å². The quantitative estimate of drug-likeness (QED) is 0.839. The average molecular weight is 286 g/mol. The van der Waals surface area contributed by atoms with Gasteiger partial charge >= 0.3 is 0 Å². The second-order valence-corrected chi connectivity index (χ2v) is 7.16. The van der Waals surface area contributed by atoms with Crippen LogP contribution in [-0.2, 0) is 10.0 Å². The van der Waals surface area contributed by atoms with E-state index in [1.165, 1.54) is 12.5 Å². The fourth-order valence-electron chi connectivity index (χ4n) is 2.43. The summed E-state index contributed by atoms with van der Waals surface area (Å²) in [5.41, 5.74) is 0. The van der Waals surface area contributed by atoms with Crippen LogP contribution in [0.25, 0.3) is 0 Å². The first-order chi connectivity index (χ1) is 9.01. The fourth-order valence-corrected chi connectivity index (χ4v) is 4.04. The van der Waals surface area contributed by atoms with Crippen LogP contribution >= 0.6 is 0 Å². The van der Waals surface area contributed by atoms with Crippen LogP contribution in [0.2, 0.25) is 0 Å². The van der Waals surface area contributed by atoms with Crippen LogP contribution in [0.1, 0.15) is 26.7 Å². The smallest absolute Gasteiger partial charge is 0.260 e. The summed E-state index contributed by atoms with van der Waals surface area (Å²) in [4.78, 5) is 6.50. The van der Waals surface area contributed by atoms with E-state index < -0.39 is 10.0 Å². The molecule has 0 radical (unpaired) electrons. The molecule has 1 aliphatic heterocycles. The average Bonchev–Trinajstić information content (AvgIpc) is 2.91. The number of hydrogen-bond donors (Lipinski definition) is 2. The highest BCUT2D eigenvalue weighted by atomic mass is 32.2. The van der Waals surface area contributed by atoms with Gasteiger partial charge in [0.15, 0.2) is 5.03 Å². The minimum Gasteiger partial charge on any atom is -0.335 e. The molecule has 1 saturated heterocycles. The number of imidazole rings is 1. The molecule has 2 N–H and O–H groups in total. The van der Waals surface area contributed by atoms with E-state index in [1.807, 2.05) is 13.8 Å². The van der Waals surface area contributed by atoms with Gasteiger partial charge in [-0.2, -0.15) is 4.31 Å². The van der Waals surface area contributed by atoms with Gasteiger partial charge in [-0.05, 0) is 45.7 Å². The molecular weight excluding hydrogens is 264 g/mol. The van der Waals surface area contributed by atoms with Crippen LogP contribution in [0.3, 0.4) is 0 Å². The summed E-state index contributed by atoms with van der Waals surface area (Å²) in [5.74, 6) is 0.383. The highest BCUT2D eigenvalue weighted by Gasteiger charge is 2.30. The number of H-pyrrole nitrogens is 1. The molecule has 1 aromatic rings. The van der Waals surface area contributed by atoms with Gasteiger partial charge in [0.05, 0.1) is 12.5 Å². The Morgan fingerprint density at radius 3 is 2.84 bits per heavy atom. The second kappa shape index (κ2) is 6.02. The number of aromatic amines is 1. The minimum atomic E-state index is -3.47. The first-order valence-corrected chi connectivity index (χ1v) is 8.16. The van der Waals surface area contributed by atoms with Gasteiger partial charge in [-0.3, -0.25) is 0 Å². The molecule has 6 nitrogen and oxygen atoms in total. The number of rotatable bonds is 5. The molecule has 2 rings (SSSR count). The first kappa shape index (κ1) is 14.5. The van der Waals surface area contributed by atoms with E-state index in [4.69, 9.17) is 0 Å². The molecule has 7 heteroatoms. The van der Waals surface area contributed by atoms with Crippen molar-refractivity contribution in [2.45, 2.75) is 37.8 Å². The van der Waals surface area contributed by atoms with Crippen molar-refractivity contribution < 1.29 is 8.42 Å². The number of sulfonamides is 1. The summed E-state index contributed by atoms with van der Waals surface area (Å²) in [7, 11) is -3.47. The van der Waals surface area contributed by atoms with Crippen LogP contribution in [0.4, 0.5) is 0 Å². The van der Waals surface area contributed by atoms with Crippen molar-refractivity contribution in [3.05, 3.63) is 12.5 Å². The summed E-state index contributed by atoms with van der Waals surface area (Å²) in [6.45, 7) is 6.30. The predicted octanol–water partition coefficient (Wildman–Crippen LogP) is 0.808. The lowest BCUT2D eigenvalue weighted by Gasteiger charge is -2.31. The van der Waals surface area contributed by atoms with Crippen molar-refractivity contribution in [2.75, 3.05) is 19.6 Å². The lowest BCUT2D eigenvalue weighted by molar-refractivity contribution is 0.263. The zero-order chi connectivity index (χ0) is 13.9. The van der Waals surface area contributed by atoms with Crippen LogP contribution in [0.5, 0.6) is 0 Å². The summed E-state index contributed by atoms with van der Waals surface area (Å²) >= 11 is 0. The van der Waals surface area contributed by atoms with E-state index >= 15 is 0 Å². The van der Waals surface area contributed by atoms with Crippen LogP contribution in [0.15, 0.2) is 17.6 Å². The molecule has 19 heavy (non-hydrogen) atoms. The maximum atomic E-state index is 12.5. The summed E-state index contributed by atoms with van der Waals surface area (Å²) in [5, 5.41) is 3.49. The number of nitrogens with one attached hydrogen (secondary N) is 2. The van der Waals surface area contributed by atoms with Crippen molar-refractivity contribution in [3.8, 4) is 0 Å². The molecule has 108 valence electrons. The Kier molecular flexibility index (Phi) is 4.59. The van der Waals surface area contributed by atoms with E-state index in [0.29, 0.717) is 12.5 Å². The monoisotopic (exact) mass is 286 g/mol. The third-order valence-electron chi connectivity index (χ3n) is 3.47. The zero-order valence-corrected chi connectivity index (χ0v) is 12.3. The maximum absolute atomic E-state index is 12.5. The van der Waals surface area contributed by atoms with Crippen molar-refractivity contribution in [1.82, 2.24) is 19.6 Å². The van der Waals surface area contributed by atoms with Gasteiger partial charge in [-0.1, -0.05) is 0 Å². The predicted molar refractivity (Wildman–Crippen MR) is 73.2 cm³/mol. The Bertz CT molecular complexity index is 478. The highest BCUT2D eigenvalue weighted by Crippen LogP contribution is 2.20. The standard InChI is InChI=1S/C12H22N4O2S/c1-10(2)16(8-11-4-3-5-13-6-11)19(17,18)12-7-14-9-15-12/h7,9-11,13H,3-6,8H2,1-2H3,(H,14,15). The van der Waals surface area contributed by atoms with Gasteiger partial charge < -0.3 is 10.3 Å². The molecule has 0 saturated carbocycles. The Morgan fingerprint density at radius 2 is 2.32 bits per heavy atom. The largest absolute Gasteiger partial charge is 0.335 e. The number of aromatic nitrogens is 2. The fraction of sp³-hybridized carbons (Fsp3) is 0.750. The molecule has 1 atom stereocenters. The molecule has 1 aliphatic rings. The third kappa shape index (κ3) is 3.34. The lowest BCUT2D eigenvalue weighted by atomic mass is 9.99. The van der Waals surface area contributed by atoms with Crippen LogP contribution in [-0.4, -0.2) is 48.4 Å². The molecular formula is C12H22N4O2S. The topological polar surface area (TPSA) is 78.1 Å². The summed E-state index contributed by atoms with van der Waals surface area (Å²) < 4.78 is 26.7. The lowest BCUT2D eigenvalue weighted by Crippen LogP contribution is -2.44. The van der Waals surface area contributed by atoms with Crippen LogP contribution in [0, 0.1) is 5.92 Å². The van der Waals surface area contributed by atoms with Gasteiger partial charge in [0.2, 0.25) is 0 Å². The van der Waals surface area contributed by atoms with Crippen molar-refractivity contribution in [1.29, 1.82) is 0 Å². The molecule has 0 spiro atoms. The molecule has 2 heterocycles. The second-order valence-electron chi connectivity index (χ2n) is 5.30. The van der Waals surface area contributed by atoms with Gasteiger partial charge in [0.25, 0.3) is 10.0 Å². The summed E-state index contributed by atoms with van der Waals surface area (Å²) in [6, 6.07) is -0.0600. The number of nitrogens with zero attached hydrogens (tertiary/aromatic N) is 2. The highest BCUT2D eigenvalue weighted by molar-refractivity contribution is 7.89.